The number of hydrogen-bond acceptors (Lipinski definition) is 4. The summed E-state index contributed by atoms with van der Waals surface area (Å²) in [4.78, 5) is 20.2. The number of nitrogens with one attached hydrogen (secondary N) is 1. The highest BCUT2D eigenvalue weighted by molar-refractivity contribution is 7.09. The van der Waals surface area contributed by atoms with Crippen molar-refractivity contribution in [2.75, 3.05) is 26.7 Å². The number of nitrogens with zero attached hydrogens (tertiary/aromatic N) is 2. The molecule has 0 spiro atoms. The second kappa shape index (κ2) is 7.23. The van der Waals surface area contributed by atoms with E-state index in [1.54, 1.807) is 11.3 Å². The molecule has 1 aliphatic heterocycles. The molecule has 4 nitrogen and oxygen atoms in total. The van der Waals surface area contributed by atoms with E-state index in [-0.39, 0.29) is 5.91 Å². The third-order valence-electron chi connectivity index (χ3n) is 4.56. The van der Waals surface area contributed by atoms with Crippen molar-refractivity contribution in [2.24, 2.45) is 0 Å². The molecule has 122 valence electrons. The number of rotatable bonds is 5. The Labute approximate surface area is 141 Å². The van der Waals surface area contributed by atoms with Crippen LogP contribution in [0.2, 0.25) is 0 Å². The van der Waals surface area contributed by atoms with Crippen molar-refractivity contribution in [2.45, 2.75) is 25.7 Å². The van der Waals surface area contributed by atoms with Crippen LogP contribution in [0.1, 0.15) is 38.8 Å². The summed E-state index contributed by atoms with van der Waals surface area (Å²) in [6.07, 6.45) is 1.97. The van der Waals surface area contributed by atoms with Crippen LogP contribution >= 0.6 is 11.3 Å². The average Bonchev–Trinajstić information content (AvgIpc) is 3.23. The van der Waals surface area contributed by atoms with Gasteiger partial charge in [-0.25, -0.2) is 4.98 Å². The fourth-order valence-electron chi connectivity index (χ4n) is 3.11. The van der Waals surface area contributed by atoms with Crippen molar-refractivity contribution in [1.82, 2.24) is 15.2 Å². The van der Waals surface area contributed by atoms with Crippen molar-refractivity contribution in [1.29, 1.82) is 0 Å². The Morgan fingerprint density at radius 1 is 1.43 bits per heavy atom. The average molecular weight is 329 g/mol. The summed E-state index contributed by atoms with van der Waals surface area (Å²) in [5.74, 6) is 0.571. The first-order chi connectivity index (χ1) is 11.2. The lowest BCUT2D eigenvalue weighted by Gasteiger charge is -2.20. The van der Waals surface area contributed by atoms with E-state index in [4.69, 9.17) is 0 Å². The zero-order chi connectivity index (χ0) is 16.2. The Morgan fingerprint density at radius 2 is 2.26 bits per heavy atom. The molecule has 5 heteroatoms. The van der Waals surface area contributed by atoms with Gasteiger partial charge in [-0.2, -0.15) is 0 Å². The fraction of sp³-hybridized carbons (Fsp3) is 0.444. The van der Waals surface area contributed by atoms with Gasteiger partial charge < -0.3 is 10.2 Å². The molecular weight excluding hydrogens is 306 g/mol. The topological polar surface area (TPSA) is 45.2 Å². The van der Waals surface area contributed by atoms with Crippen LogP contribution in [-0.2, 0) is 6.42 Å². The standard InChI is InChI=1S/C18H23N3OS/c1-13-17(23-12-20-13)8-10-21(2)18(22)16-6-4-3-5-15(16)14-7-9-19-11-14/h3-6,12,14,19H,7-11H2,1-2H3/t14-/m0/s1. The number of thiazole rings is 1. The Hall–Kier alpha value is -1.72. The maximum atomic E-state index is 12.9. The Balaban J connectivity index is 1.71. The minimum absolute atomic E-state index is 0.120. The molecule has 1 amide bonds. The van der Waals surface area contributed by atoms with E-state index in [2.05, 4.69) is 16.4 Å². The minimum Gasteiger partial charge on any atom is -0.341 e. The summed E-state index contributed by atoms with van der Waals surface area (Å²) in [5, 5.41) is 3.39. The quantitative estimate of drug-likeness (QED) is 0.917. The fourth-order valence-corrected chi connectivity index (χ4v) is 3.88. The van der Waals surface area contributed by atoms with Gasteiger partial charge in [0.25, 0.3) is 5.91 Å². The first-order valence-corrected chi connectivity index (χ1v) is 8.99. The summed E-state index contributed by atoms with van der Waals surface area (Å²) < 4.78 is 0. The SMILES string of the molecule is Cc1ncsc1CCN(C)C(=O)c1ccccc1[C@H]1CCNC1. The van der Waals surface area contributed by atoms with Crippen molar-refractivity contribution < 1.29 is 4.79 Å². The van der Waals surface area contributed by atoms with Gasteiger partial charge in [-0.1, -0.05) is 18.2 Å². The minimum atomic E-state index is 0.120. The van der Waals surface area contributed by atoms with Gasteiger partial charge in [-0.15, -0.1) is 11.3 Å². The molecule has 1 aromatic carbocycles. The van der Waals surface area contributed by atoms with E-state index >= 15 is 0 Å². The number of carbonyl (C=O) groups is 1. The summed E-state index contributed by atoms with van der Waals surface area (Å²) in [6.45, 7) is 4.75. The van der Waals surface area contributed by atoms with Crippen molar-refractivity contribution in [3.05, 3.63) is 51.5 Å². The molecule has 0 radical (unpaired) electrons. The molecule has 0 aliphatic carbocycles. The van der Waals surface area contributed by atoms with Gasteiger partial charge in [-0.3, -0.25) is 4.79 Å². The van der Waals surface area contributed by atoms with Gasteiger partial charge in [-0.05, 0) is 37.4 Å². The van der Waals surface area contributed by atoms with Gasteiger partial charge in [0, 0.05) is 37.0 Å². The van der Waals surface area contributed by atoms with Crippen molar-refractivity contribution in [3.63, 3.8) is 0 Å². The number of aryl methyl sites for hydroxylation is 1. The molecule has 2 aromatic rings. The van der Waals surface area contributed by atoms with Crippen LogP contribution in [0.3, 0.4) is 0 Å². The molecule has 1 aliphatic rings. The lowest BCUT2D eigenvalue weighted by atomic mass is 9.93. The first-order valence-electron chi connectivity index (χ1n) is 8.11. The molecule has 1 N–H and O–H groups in total. The maximum absolute atomic E-state index is 12.9. The molecule has 1 fully saturated rings. The monoisotopic (exact) mass is 329 g/mol. The van der Waals surface area contributed by atoms with Crippen LogP contribution in [0, 0.1) is 6.92 Å². The van der Waals surface area contributed by atoms with E-state index in [1.165, 1.54) is 10.4 Å². The molecule has 23 heavy (non-hydrogen) atoms. The molecule has 0 saturated carbocycles. The van der Waals surface area contributed by atoms with Crippen LogP contribution in [0.5, 0.6) is 0 Å². The normalized spacial score (nSPS) is 17.4. The lowest BCUT2D eigenvalue weighted by Crippen LogP contribution is -2.30. The zero-order valence-electron chi connectivity index (χ0n) is 13.7. The van der Waals surface area contributed by atoms with Crippen LogP contribution in [0.25, 0.3) is 0 Å². The molecule has 1 atom stereocenters. The first kappa shape index (κ1) is 16.1. The van der Waals surface area contributed by atoms with Crippen LogP contribution < -0.4 is 5.32 Å². The van der Waals surface area contributed by atoms with Gasteiger partial charge in [0.05, 0.1) is 11.2 Å². The molecule has 2 heterocycles. The van der Waals surface area contributed by atoms with Crippen molar-refractivity contribution in [3.8, 4) is 0 Å². The van der Waals surface area contributed by atoms with Crippen molar-refractivity contribution >= 4 is 17.2 Å². The van der Waals surface area contributed by atoms with Crippen LogP contribution in [0.15, 0.2) is 29.8 Å². The summed E-state index contributed by atoms with van der Waals surface area (Å²) in [5.41, 5.74) is 4.98. The molecule has 1 aromatic heterocycles. The number of likely N-dealkylation sites (N-methyl/N-ethyl adjacent to an activating group) is 1. The molecule has 1 saturated heterocycles. The zero-order valence-corrected chi connectivity index (χ0v) is 14.5. The number of amides is 1. The second-order valence-electron chi connectivity index (χ2n) is 6.11. The van der Waals surface area contributed by atoms with E-state index in [9.17, 15) is 4.79 Å². The number of carbonyl (C=O) groups excluding carboxylic acids is 1. The van der Waals surface area contributed by atoms with E-state index in [0.29, 0.717) is 5.92 Å². The van der Waals surface area contributed by atoms with Gasteiger partial charge in [0.1, 0.15) is 0 Å². The van der Waals surface area contributed by atoms with Gasteiger partial charge in [0.15, 0.2) is 0 Å². The highest BCUT2D eigenvalue weighted by Gasteiger charge is 2.23. The molecule has 0 unspecified atom stereocenters. The van der Waals surface area contributed by atoms with Gasteiger partial charge >= 0.3 is 0 Å². The Bertz CT molecular complexity index is 676. The molecule has 0 bridgehead atoms. The summed E-state index contributed by atoms with van der Waals surface area (Å²) in [6, 6.07) is 8.06. The highest BCUT2D eigenvalue weighted by atomic mass is 32.1. The summed E-state index contributed by atoms with van der Waals surface area (Å²) >= 11 is 1.67. The number of hydrogen-bond donors (Lipinski definition) is 1. The smallest absolute Gasteiger partial charge is 0.253 e. The molecule has 3 rings (SSSR count). The molecular formula is C18H23N3OS. The summed E-state index contributed by atoms with van der Waals surface area (Å²) in [7, 11) is 1.89. The predicted molar refractivity (Wildman–Crippen MR) is 94.2 cm³/mol. The predicted octanol–water partition coefficient (Wildman–Crippen LogP) is 2.84. The van der Waals surface area contributed by atoms with E-state index in [1.807, 2.05) is 42.6 Å². The largest absolute Gasteiger partial charge is 0.341 e. The highest BCUT2D eigenvalue weighted by Crippen LogP contribution is 2.26. The second-order valence-corrected chi connectivity index (χ2v) is 7.05. The third-order valence-corrected chi connectivity index (χ3v) is 5.55. The maximum Gasteiger partial charge on any atom is 0.253 e. The van der Waals surface area contributed by atoms with Crippen LogP contribution in [0.4, 0.5) is 0 Å². The Morgan fingerprint density at radius 3 is 2.96 bits per heavy atom. The number of aromatic nitrogens is 1. The number of benzene rings is 1. The van der Waals surface area contributed by atoms with Crippen LogP contribution in [-0.4, -0.2) is 42.5 Å². The van der Waals surface area contributed by atoms with E-state index < -0.39 is 0 Å². The van der Waals surface area contributed by atoms with Gasteiger partial charge in [0.2, 0.25) is 0 Å². The Kier molecular flexibility index (Phi) is 5.08. The third kappa shape index (κ3) is 3.62. The van der Waals surface area contributed by atoms with E-state index in [0.717, 1.165) is 43.7 Å². The lowest BCUT2D eigenvalue weighted by molar-refractivity contribution is 0.0795.